The summed E-state index contributed by atoms with van der Waals surface area (Å²) in [7, 11) is 0. The SMILES string of the molecule is CCCC(=O)N1CC(CCC)CC(NCCCO)C1. The Labute approximate surface area is 117 Å². The van der Waals surface area contributed by atoms with Crippen LogP contribution in [0.1, 0.15) is 52.4 Å². The molecule has 0 aliphatic carbocycles. The zero-order valence-electron chi connectivity index (χ0n) is 12.5. The molecule has 0 aromatic carbocycles. The third-order valence-electron chi connectivity index (χ3n) is 3.82. The van der Waals surface area contributed by atoms with Crippen LogP contribution in [-0.2, 0) is 4.79 Å². The van der Waals surface area contributed by atoms with E-state index in [-0.39, 0.29) is 6.61 Å². The number of hydrogen-bond acceptors (Lipinski definition) is 3. The molecular formula is C15H30N2O2. The highest BCUT2D eigenvalue weighted by Gasteiger charge is 2.28. The van der Waals surface area contributed by atoms with E-state index < -0.39 is 0 Å². The zero-order valence-corrected chi connectivity index (χ0v) is 12.5. The van der Waals surface area contributed by atoms with Crippen LogP contribution in [0.3, 0.4) is 0 Å². The Morgan fingerprint density at radius 2 is 2.11 bits per heavy atom. The van der Waals surface area contributed by atoms with Gasteiger partial charge in [0.15, 0.2) is 0 Å². The molecule has 112 valence electrons. The molecule has 0 radical (unpaired) electrons. The van der Waals surface area contributed by atoms with Crippen LogP contribution in [0.25, 0.3) is 0 Å². The molecule has 1 fully saturated rings. The van der Waals surface area contributed by atoms with Crippen molar-refractivity contribution in [1.29, 1.82) is 0 Å². The Balaban J connectivity index is 2.49. The number of likely N-dealkylation sites (tertiary alicyclic amines) is 1. The lowest BCUT2D eigenvalue weighted by atomic mass is 9.90. The van der Waals surface area contributed by atoms with Crippen molar-refractivity contribution in [2.45, 2.75) is 58.4 Å². The minimum atomic E-state index is 0.233. The second-order valence-electron chi connectivity index (χ2n) is 5.67. The van der Waals surface area contributed by atoms with E-state index in [1.165, 1.54) is 12.8 Å². The van der Waals surface area contributed by atoms with Gasteiger partial charge in [0.1, 0.15) is 0 Å². The van der Waals surface area contributed by atoms with Crippen LogP contribution in [-0.4, -0.2) is 48.2 Å². The van der Waals surface area contributed by atoms with Crippen molar-refractivity contribution < 1.29 is 9.90 Å². The molecule has 0 aromatic rings. The summed E-state index contributed by atoms with van der Waals surface area (Å²) in [5.41, 5.74) is 0. The number of aliphatic hydroxyl groups is 1. The van der Waals surface area contributed by atoms with Crippen molar-refractivity contribution >= 4 is 5.91 Å². The molecule has 4 nitrogen and oxygen atoms in total. The summed E-state index contributed by atoms with van der Waals surface area (Å²) in [6, 6.07) is 0.401. The minimum absolute atomic E-state index is 0.233. The Morgan fingerprint density at radius 1 is 1.32 bits per heavy atom. The van der Waals surface area contributed by atoms with Crippen molar-refractivity contribution in [3.05, 3.63) is 0 Å². The number of hydrogen-bond donors (Lipinski definition) is 2. The fraction of sp³-hybridized carbons (Fsp3) is 0.933. The topological polar surface area (TPSA) is 52.6 Å². The number of rotatable bonds is 8. The van der Waals surface area contributed by atoms with E-state index in [9.17, 15) is 4.79 Å². The van der Waals surface area contributed by atoms with Crippen LogP contribution in [0, 0.1) is 5.92 Å². The first-order valence-electron chi connectivity index (χ1n) is 7.83. The van der Waals surface area contributed by atoms with Crippen molar-refractivity contribution in [3.63, 3.8) is 0 Å². The summed E-state index contributed by atoms with van der Waals surface area (Å²) >= 11 is 0. The number of carbonyl (C=O) groups excluding carboxylic acids is 1. The standard InChI is InChI=1S/C15H30N2O2/c1-3-6-13-10-14(16-8-5-9-18)12-17(11-13)15(19)7-4-2/h13-14,16,18H,3-12H2,1-2H3. The van der Waals surface area contributed by atoms with Gasteiger partial charge >= 0.3 is 0 Å². The third kappa shape index (κ3) is 5.91. The lowest BCUT2D eigenvalue weighted by Crippen LogP contribution is -2.51. The van der Waals surface area contributed by atoms with Gasteiger partial charge in [-0.05, 0) is 38.1 Å². The van der Waals surface area contributed by atoms with Crippen LogP contribution in [0.4, 0.5) is 0 Å². The average Bonchev–Trinajstić information content (AvgIpc) is 2.39. The van der Waals surface area contributed by atoms with Gasteiger partial charge in [-0.25, -0.2) is 0 Å². The summed E-state index contributed by atoms with van der Waals surface area (Å²) in [5, 5.41) is 12.3. The van der Waals surface area contributed by atoms with Crippen molar-refractivity contribution in [2.75, 3.05) is 26.2 Å². The van der Waals surface area contributed by atoms with Crippen LogP contribution < -0.4 is 5.32 Å². The van der Waals surface area contributed by atoms with Crippen molar-refractivity contribution in [3.8, 4) is 0 Å². The quantitative estimate of drug-likeness (QED) is 0.661. The van der Waals surface area contributed by atoms with Gasteiger partial charge in [-0.15, -0.1) is 0 Å². The minimum Gasteiger partial charge on any atom is -0.396 e. The maximum Gasteiger partial charge on any atom is 0.222 e. The average molecular weight is 270 g/mol. The largest absolute Gasteiger partial charge is 0.396 e. The van der Waals surface area contributed by atoms with Crippen LogP contribution in [0.15, 0.2) is 0 Å². The van der Waals surface area contributed by atoms with Gasteiger partial charge in [0, 0.05) is 32.2 Å². The lowest BCUT2D eigenvalue weighted by molar-refractivity contribution is -0.133. The predicted molar refractivity (Wildman–Crippen MR) is 78.0 cm³/mol. The molecule has 0 aromatic heterocycles. The van der Waals surface area contributed by atoms with Gasteiger partial charge in [0.2, 0.25) is 5.91 Å². The van der Waals surface area contributed by atoms with Gasteiger partial charge in [0.25, 0.3) is 0 Å². The second kappa shape index (κ2) is 9.32. The molecule has 1 rings (SSSR count). The van der Waals surface area contributed by atoms with E-state index >= 15 is 0 Å². The number of amides is 1. The van der Waals surface area contributed by atoms with E-state index in [2.05, 4.69) is 19.2 Å². The molecule has 1 heterocycles. The van der Waals surface area contributed by atoms with Crippen LogP contribution >= 0.6 is 0 Å². The first-order valence-corrected chi connectivity index (χ1v) is 7.83. The second-order valence-corrected chi connectivity index (χ2v) is 5.67. The van der Waals surface area contributed by atoms with E-state index in [1.807, 2.05) is 4.90 Å². The van der Waals surface area contributed by atoms with E-state index in [4.69, 9.17) is 5.11 Å². The number of nitrogens with zero attached hydrogens (tertiary/aromatic N) is 1. The fourth-order valence-corrected chi connectivity index (χ4v) is 2.93. The molecule has 1 aliphatic rings. The first kappa shape index (κ1) is 16.4. The molecular weight excluding hydrogens is 240 g/mol. The monoisotopic (exact) mass is 270 g/mol. The Kier molecular flexibility index (Phi) is 8.07. The summed E-state index contributed by atoms with van der Waals surface area (Å²) < 4.78 is 0. The number of carbonyl (C=O) groups is 1. The zero-order chi connectivity index (χ0) is 14.1. The molecule has 0 spiro atoms. The summed E-state index contributed by atoms with van der Waals surface area (Å²) in [5.74, 6) is 0.934. The smallest absolute Gasteiger partial charge is 0.222 e. The highest BCUT2D eigenvalue weighted by atomic mass is 16.3. The molecule has 2 atom stereocenters. The van der Waals surface area contributed by atoms with E-state index in [0.29, 0.717) is 24.3 Å². The third-order valence-corrected chi connectivity index (χ3v) is 3.82. The molecule has 2 N–H and O–H groups in total. The maximum atomic E-state index is 12.1. The Bertz CT molecular complexity index is 259. The van der Waals surface area contributed by atoms with Gasteiger partial charge < -0.3 is 15.3 Å². The summed E-state index contributed by atoms with van der Waals surface area (Å²) in [6.45, 7) is 7.12. The highest BCUT2D eigenvalue weighted by molar-refractivity contribution is 5.76. The molecule has 19 heavy (non-hydrogen) atoms. The molecule has 1 amide bonds. The molecule has 4 heteroatoms. The molecule has 1 aliphatic heterocycles. The van der Waals surface area contributed by atoms with Gasteiger partial charge in [-0.1, -0.05) is 20.3 Å². The number of piperidine rings is 1. The maximum absolute atomic E-state index is 12.1. The number of aliphatic hydroxyl groups excluding tert-OH is 1. The van der Waals surface area contributed by atoms with Crippen molar-refractivity contribution in [1.82, 2.24) is 10.2 Å². The Morgan fingerprint density at radius 3 is 2.74 bits per heavy atom. The Hall–Kier alpha value is -0.610. The normalized spacial score (nSPS) is 23.6. The molecule has 0 saturated carbocycles. The molecule has 1 saturated heterocycles. The van der Waals surface area contributed by atoms with E-state index in [1.54, 1.807) is 0 Å². The summed E-state index contributed by atoms with van der Waals surface area (Å²) in [4.78, 5) is 14.1. The fourth-order valence-electron chi connectivity index (χ4n) is 2.93. The van der Waals surface area contributed by atoms with Crippen LogP contribution in [0.5, 0.6) is 0 Å². The number of nitrogens with one attached hydrogen (secondary N) is 1. The van der Waals surface area contributed by atoms with Gasteiger partial charge in [-0.3, -0.25) is 4.79 Å². The first-order chi connectivity index (χ1) is 9.21. The van der Waals surface area contributed by atoms with Gasteiger partial charge in [-0.2, -0.15) is 0 Å². The van der Waals surface area contributed by atoms with Crippen LogP contribution in [0.2, 0.25) is 0 Å². The van der Waals surface area contributed by atoms with Crippen molar-refractivity contribution in [2.24, 2.45) is 5.92 Å². The van der Waals surface area contributed by atoms with E-state index in [0.717, 1.165) is 38.9 Å². The summed E-state index contributed by atoms with van der Waals surface area (Å²) in [6.07, 6.45) is 5.93. The lowest BCUT2D eigenvalue weighted by Gasteiger charge is -2.38. The van der Waals surface area contributed by atoms with Gasteiger partial charge in [0.05, 0.1) is 0 Å². The molecule has 2 unspecified atom stereocenters. The molecule has 0 bridgehead atoms. The highest BCUT2D eigenvalue weighted by Crippen LogP contribution is 2.22. The predicted octanol–water partition coefficient (Wildman–Crippen LogP) is 1.78.